The first-order valence-electron chi connectivity index (χ1n) is 5.65. The molecule has 1 atom stereocenters. The molecule has 1 saturated heterocycles. The molecule has 0 aliphatic carbocycles. The lowest BCUT2D eigenvalue weighted by Crippen LogP contribution is -2.35. The van der Waals surface area contributed by atoms with Crippen molar-refractivity contribution in [1.29, 1.82) is 0 Å². The van der Waals surface area contributed by atoms with E-state index in [9.17, 15) is 14.0 Å². The zero-order valence-electron chi connectivity index (χ0n) is 9.57. The van der Waals surface area contributed by atoms with Crippen LogP contribution >= 0.6 is 0 Å². The van der Waals surface area contributed by atoms with E-state index < -0.39 is 17.3 Å². The molecule has 2 rings (SSSR count). The Balaban J connectivity index is 2.07. The molecule has 0 radical (unpaired) electrons. The van der Waals surface area contributed by atoms with Gasteiger partial charge in [-0.25, -0.2) is 9.18 Å². The van der Waals surface area contributed by atoms with E-state index in [4.69, 9.17) is 5.11 Å². The first kappa shape index (κ1) is 12.5. The topological polar surface area (TPSA) is 78.4 Å². The van der Waals surface area contributed by atoms with Crippen molar-refractivity contribution < 1.29 is 19.1 Å². The van der Waals surface area contributed by atoms with Crippen molar-refractivity contribution in [2.45, 2.75) is 18.9 Å². The Morgan fingerprint density at radius 2 is 2.22 bits per heavy atom. The van der Waals surface area contributed by atoms with Crippen molar-refractivity contribution in [1.82, 2.24) is 5.32 Å². The van der Waals surface area contributed by atoms with Gasteiger partial charge in [-0.3, -0.25) is 4.79 Å². The van der Waals surface area contributed by atoms with Gasteiger partial charge in [-0.1, -0.05) is 0 Å². The summed E-state index contributed by atoms with van der Waals surface area (Å²) in [6.07, 6.45) is 1.69. The highest BCUT2D eigenvalue weighted by Gasteiger charge is 2.22. The first-order chi connectivity index (χ1) is 8.58. The zero-order valence-corrected chi connectivity index (χ0v) is 9.57. The summed E-state index contributed by atoms with van der Waals surface area (Å²) < 4.78 is 13.4. The fourth-order valence-electron chi connectivity index (χ4n) is 1.90. The fourth-order valence-corrected chi connectivity index (χ4v) is 1.90. The van der Waals surface area contributed by atoms with E-state index in [1.165, 1.54) is 6.07 Å². The summed E-state index contributed by atoms with van der Waals surface area (Å²) in [5.74, 6) is -2.42. The highest BCUT2D eigenvalue weighted by Crippen LogP contribution is 2.16. The molecular weight excluding hydrogens is 239 g/mol. The van der Waals surface area contributed by atoms with Gasteiger partial charge in [-0.05, 0) is 37.6 Å². The molecule has 0 saturated carbocycles. The second kappa shape index (κ2) is 5.14. The lowest BCUT2D eigenvalue weighted by molar-refractivity contribution is -0.117. The molecule has 5 nitrogen and oxygen atoms in total. The quantitative estimate of drug-likeness (QED) is 0.755. The van der Waals surface area contributed by atoms with E-state index in [2.05, 4.69) is 10.6 Å². The monoisotopic (exact) mass is 252 g/mol. The van der Waals surface area contributed by atoms with Gasteiger partial charge in [0.25, 0.3) is 0 Å². The van der Waals surface area contributed by atoms with Crippen LogP contribution in [0.2, 0.25) is 0 Å². The highest BCUT2D eigenvalue weighted by atomic mass is 19.1. The minimum Gasteiger partial charge on any atom is -0.478 e. The zero-order chi connectivity index (χ0) is 13.1. The molecule has 3 N–H and O–H groups in total. The standard InChI is InChI=1S/C12H13FN2O3/c13-9-6-7(3-4-8(9)12(17)18)15-11(16)10-2-1-5-14-10/h3-4,6,10,14H,1-2,5H2,(H,15,16)(H,17,18). The van der Waals surface area contributed by atoms with Crippen molar-refractivity contribution in [3.05, 3.63) is 29.6 Å². The number of hydrogen-bond acceptors (Lipinski definition) is 3. The van der Waals surface area contributed by atoms with Crippen molar-refractivity contribution in [2.75, 3.05) is 11.9 Å². The molecule has 6 heteroatoms. The fraction of sp³-hybridized carbons (Fsp3) is 0.333. The maximum Gasteiger partial charge on any atom is 0.338 e. The molecule has 1 heterocycles. The maximum absolute atomic E-state index is 13.4. The second-order valence-corrected chi connectivity index (χ2v) is 4.14. The summed E-state index contributed by atoms with van der Waals surface area (Å²) >= 11 is 0. The van der Waals surface area contributed by atoms with Gasteiger partial charge in [-0.2, -0.15) is 0 Å². The number of hydrogen-bond donors (Lipinski definition) is 3. The molecule has 0 spiro atoms. The number of nitrogens with one attached hydrogen (secondary N) is 2. The Hall–Kier alpha value is -1.95. The molecule has 1 aromatic rings. The molecule has 96 valence electrons. The smallest absolute Gasteiger partial charge is 0.338 e. The summed E-state index contributed by atoms with van der Waals surface area (Å²) in [5, 5.41) is 14.3. The van der Waals surface area contributed by atoms with Gasteiger partial charge in [0, 0.05) is 5.69 Å². The molecule has 0 bridgehead atoms. The predicted octanol–water partition coefficient (Wildman–Crippen LogP) is 1.21. The molecule has 18 heavy (non-hydrogen) atoms. The number of benzene rings is 1. The van der Waals surface area contributed by atoms with Gasteiger partial charge in [-0.15, -0.1) is 0 Å². The number of carboxylic acid groups (broad SMARTS) is 1. The molecule has 1 aliphatic rings. The molecule has 1 amide bonds. The second-order valence-electron chi connectivity index (χ2n) is 4.14. The Bertz CT molecular complexity index is 484. The van der Waals surface area contributed by atoms with E-state index in [1.54, 1.807) is 0 Å². The molecule has 1 unspecified atom stereocenters. The van der Waals surface area contributed by atoms with Crippen LogP contribution in [0.15, 0.2) is 18.2 Å². The van der Waals surface area contributed by atoms with Crippen LogP contribution in [0.5, 0.6) is 0 Å². The molecule has 1 aromatic carbocycles. The average Bonchev–Trinajstić information content (AvgIpc) is 2.81. The molecular formula is C12H13FN2O3. The Morgan fingerprint density at radius 1 is 1.44 bits per heavy atom. The number of carbonyl (C=O) groups is 2. The van der Waals surface area contributed by atoms with Crippen LogP contribution in [-0.4, -0.2) is 29.6 Å². The van der Waals surface area contributed by atoms with Crippen LogP contribution in [0.1, 0.15) is 23.2 Å². The molecule has 1 aliphatic heterocycles. The van der Waals surface area contributed by atoms with Crippen molar-refractivity contribution in [2.24, 2.45) is 0 Å². The van der Waals surface area contributed by atoms with Crippen LogP contribution in [0.25, 0.3) is 0 Å². The lowest BCUT2D eigenvalue weighted by atomic mass is 10.1. The first-order valence-corrected chi connectivity index (χ1v) is 5.65. The molecule has 0 aromatic heterocycles. The number of aromatic carboxylic acids is 1. The van der Waals surface area contributed by atoms with Gasteiger partial charge < -0.3 is 15.7 Å². The summed E-state index contributed by atoms with van der Waals surface area (Å²) in [4.78, 5) is 22.4. The van der Waals surface area contributed by atoms with Crippen LogP contribution in [0.4, 0.5) is 10.1 Å². The number of carboxylic acids is 1. The summed E-state index contributed by atoms with van der Waals surface area (Å²) in [7, 11) is 0. The number of amides is 1. The SMILES string of the molecule is O=C(O)c1ccc(NC(=O)C2CCCN2)cc1F. The third-order valence-corrected chi connectivity index (χ3v) is 2.84. The average molecular weight is 252 g/mol. The van der Waals surface area contributed by atoms with Crippen LogP contribution < -0.4 is 10.6 Å². The van der Waals surface area contributed by atoms with E-state index >= 15 is 0 Å². The van der Waals surface area contributed by atoms with E-state index in [-0.39, 0.29) is 17.6 Å². The highest BCUT2D eigenvalue weighted by molar-refractivity contribution is 5.95. The number of carbonyl (C=O) groups excluding carboxylic acids is 1. The van der Waals surface area contributed by atoms with Gasteiger partial charge in [0.1, 0.15) is 5.82 Å². The van der Waals surface area contributed by atoms with Gasteiger partial charge >= 0.3 is 5.97 Å². The lowest BCUT2D eigenvalue weighted by Gasteiger charge is -2.11. The Labute approximate surface area is 103 Å². The largest absolute Gasteiger partial charge is 0.478 e. The summed E-state index contributed by atoms with van der Waals surface area (Å²) in [6.45, 7) is 0.796. The van der Waals surface area contributed by atoms with Crippen LogP contribution in [0, 0.1) is 5.82 Å². The van der Waals surface area contributed by atoms with E-state index in [0.29, 0.717) is 0 Å². The summed E-state index contributed by atoms with van der Waals surface area (Å²) in [6, 6.07) is 3.26. The number of halogens is 1. The van der Waals surface area contributed by atoms with E-state index in [0.717, 1.165) is 31.5 Å². The maximum atomic E-state index is 13.4. The van der Waals surface area contributed by atoms with Gasteiger partial charge in [0.15, 0.2) is 0 Å². The van der Waals surface area contributed by atoms with Crippen molar-refractivity contribution in [3.8, 4) is 0 Å². The van der Waals surface area contributed by atoms with Crippen molar-refractivity contribution >= 4 is 17.6 Å². The Morgan fingerprint density at radius 3 is 2.78 bits per heavy atom. The Kier molecular flexibility index (Phi) is 3.57. The van der Waals surface area contributed by atoms with Gasteiger partial charge in [0.2, 0.25) is 5.91 Å². The predicted molar refractivity (Wildman–Crippen MR) is 63.0 cm³/mol. The number of anilines is 1. The van der Waals surface area contributed by atoms with E-state index in [1.807, 2.05) is 0 Å². The van der Waals surface area contributed by atoms with Crippen molar-refractivity contribution in [3.63, 3.8) is 0 Å². The van der Waals surface area contributed by atoms with Gasteiger partial charge in [0.05, 0.1) is 11.6 Å². The minimum atomic E-state index is -1.33. The third kappa shape index (κ3) is 2.65. The van der Waals surface area contributed by atoms with Crippen LogP contribution in [0.3, 0.4) is 0 Å². The molecule has 1 fully saturated rings. The van der Waals surface area contributed by atoms with Crippen LogP contribution in [-0.2, 0) is 4.79 Å². The summed E-state index contributed by atoms with van der Waals surface area (Å²) in [5.41, 5.74) is -0.150. The number of rotatable bonds is 3. The normalized spacial score (nSPS) is 18.6. The minimum absolute atomic E-state index is 0.227. The third-order valence-electron chi connectivity index (χ3n) is 2.84.